The molecule has 0 aromatic heterocycles. The summed E-state index contributed by atoms with van der Waals surface area (Å²) in [5.74, 6) is -2.21. The number of amides is 3. The number of phenols is 1. The number of benzene rings is 1. The maximum absolute atomic E-state index is 13.3. The minimum atomic E-state index is -1.32. The average Bonchev–Trinajstić information content (AvgIpc) is 2.72. The lowest BCUT2D eigenvalue weighted by Gasteiger charge is -2.33. The zero-order chi connectivity index (χ0) is 25.3. The Balaban J connectivity index is 3.33. The number of methoxy groups -OCH3 is 1. The predicted molar refractivity (Wildman–Crippen MR) is 121 cm³/mol. The number of ether oxygens (including phenoxy) is 2. The third-order valence-electron chi connectivity index (χ3n) is 4.47. The molecule has 0 radical (unpaired) electrons. The van der Waals surface area contributed by atoms with Gasteiger partial charge in [-0.05, 0) is 40.2 Å². The van der Waals surface area contributed by atoms with Gasteiger partial charge in [-0.1, -0.05) is 24.3 Å². The van der Waals surface area contributed by atoms with Crippen molar-refractivity contribution in [1.29, 1.82) is 0 Å². The number of aryl methyl sites for hydroxylation is 1. The normalized spacial score (nSPS) is 12.7. The van der Waals surface area contributed by atoms with Gasteiger partial charge in [0.25, 0.3) is 0 Å². The Hall–Kier alpha value is -3.56. The molecule has 0 spiro atoms. The first-order valence-electron chi connectivity index (χ1n) is 10.4. The molecule has 0 saturated carbocycles. The average molecular weight is 464 g/mol. The van der Waals surface area contributed by atoms with Crippen molar-refractivity contribution in [2.75, 3.05) is 20.2 Å². The number of carbonyl (C=O) groups is 4. The number of nitrogens with zero attached hydrogens (tertiary/aromatic N) is 1. The lowest BCUT2D eigenvalue weighted by Crippen LogP contribution is -2.52. The monoisotopic (exact) mass is 463 g/mol. The van der Waals surface area contributed by atoms with Gasteiger partial charge in [0, 0.05) is 12.1 Å². The highest BCUT2D eigenvalue weighted by Crippen LogP contribution is 2.32. The van der Waals surface area contributed by atoms with Crippen LogP contribution < -0.4 is 10.6 Å². The van der Waals surface area contributed by atoms with Gasteiger partial charge in [0.2, 0.25) is 11.8 Å². The van der Waals surface area contributed by atoms with E-state index < -0.39 is 48.1 Å². The SMILES string of the molecule is C=CCN(C(=O)C(C)NC(=O)OC(C)(C)C)C(C(=O)NCC(=O)OC)c1cccc(C)c1O. The molecule has 1 rings (SSSR count). The smallest absolute Gasteiger partial charge is 0.408 e. The molecule has 0 aliphatic heterocycles. The number of phenolic OH excluding ortho intramolecular Hbond substituents is 1. The van der Waals surface area contributed by atoms with Gasteiger partial charge in [0.15, 0.2) is 0 Å². The highest BCUT2D eigenvalue weighted by Gasteiger charge is 2.36. The van der Waals surface area contributed by atoms with Gasteiger partial charge >= 0.3 is 12.1 Å². The molecular weight excluding hydrogens is 430 g/mol. The summed E-state index contributed by atoms with van der Waals surface area (Å²) < 4.78 is 9.74. The number of rotatable bonds is 9. The van der Waals surface area contributed by atoms with E-state index in [9.17, 15) is 24.3 Å². The van der Waals surface area contributed by atoms with Crippen LogP contribution in [-0.4, -0.2) is 65.7 Å². The molecule has 0 heterocycles. The Morgan fingerprint density at radius 3 is 2.42 bits per heavy atom. The Morgan fingerprint density at radius 1 is 1.24 bits per heavy atom. The van der Waals surface area contributed by atoms with E-state index in [0.29, 0.717) is 5.56 Å². The molecule has 2 unspecified atom stereocenters. The van der Waals surface area contributed by atoms with Crippen LogP contribution in [0.4, 0.5) is 4.79 Å². The summed E-state index contributed by atoms with van der Waals surface area (Å²) in [5, 5.41) is 15.5. The van der Waals surface area contributed by atoms with Gasteiger partial charge in [0.1, 0.15) is 30.0 Å². The number of carbonyl (C=O) groups excluding carboxylic acids is 4. The first-order valence-corrected chi connectivity index (χ1v) is 10.4. The topological polar surface area (TPSA) is 134 Å². The van der Waals surface area contributed by atoms with Crippen LogP contribution in [0.2, 0.25) is 0 Å². The quantitative estimate of drug-likeness (QED) is 0.376. The third-order valence-corrected chi connectivity index (χ3v) is 4.47. The van der Waals surface area contributed by atoms with Crippen molar-refractivity contribution in [3.05, 3.63) is 42.0 Å². The highest BCUT2D eigenvalue weighted by molar-refractivity contribution is 5.93. The maximum Gasteiger partial charge on any atom is 0.408 e. The van der Waals surface area contributed by atoms with Crippen LogP contribution in [0.1, 0.15) is 44.9 Å². The summed E-state index contributed by atoms with van der Waals surface area (Å²) in [4.78, 5) is 51.2. The number of hydrogen-bond donors (Lipinski definition) is 3. The minimum Gasteiger partial charge on any atom is -0.507 e. The van der Waals surface area contributed by atoms with Crippen molar-refractivity contribution in [2.45, 2.75) is 52.3 Å². The van der Waals surface area contributed by atoms with Crippen molar-refractivity contribution in [2.24, 2.45) is 0 Å². The fraction of sp³-hybridized carbons (Fsp3) is 0.478. The van der Waals surface area contributed by atoms with Crippen molar-refractivity contribution in [3.63, 3.8) is 0 Å². The summed E-state index contributed by atoms with van der Waals surface area (Å²) in [6.07, 6.45) is 0.609. The van der Waals surface area contributed by atoms with Crippen LogP contribution in [0.25, 0.3) is 0 Å². The van der Waals surface area contributed by atoms with Crippen LogP contribution in [0.15, 0.2) is 30.9 Å². The first kappa shape index (κ1) is 27.5. The zero-order valence-corrected chi connectivity index (χ0v) is 19.9. The van der Waals surface area contributed by atoms with Crippen LogP contribution in [0.5, 0.6) is 5.75 Å². The summed E-state index contributed by atoms with van der Waals surface area (Å²) >= 11 is 0. The molecule has 0 saturated heterocycles. The maximum atomic E-state index is 13.3. The predicted octanol–water partition coefficient (Wildman–Crippen LogP) is 1.96. The molecule has 2 atom stereocenters. The number of para-hydroxylation sites is 1. The lowest BCUT2D eigenvalue weighted by atomic mass is 9.99. The second kappa shape index (κ2) is 11.9. The van der Waals surface area contributed by atoms with Crippen LogP contribution in [0, 0.1) is 6.92 Å². The molecule has 33 heavy (non-hydrogen) atoms. The minimum absolute atomic E-state index is 0.0805. The molecule has 182 valence electrons. The number of aromatic hydroxyl groups is 1. The first-order chi connectivity index (χ1) is 15.3. The van der Waals surface area contributed by atoms with Crippen LogP contribution in [-0.2, 0) is 23.9 Å². The molecule has 0 bridgehead atoms. The summed E-state index contributed by atoms with van der Waals surface area (Å²) in [6.45, 7) is 11.3. The Kier molecular flexibility index (Phi) is 9.90. The van der Waals surface area contributed by atoms with E-state index in [4.69, 9.17) is 4.74 Å². The molecule has 3 amide bonds. The van der Waals surface area contributed by atoms with Gasteiger partial charge in [0.05, 0.1) is 7.11 Å². The van der Waals surface area contributed by atoms with E-state index in [1.54, 1.807) is 39.8 Å². The molecule has 10 nitrogen and oxygen atoms in total. The molecule has 1 aromatic rings. The van der Waals surface area contributed by atoms with Crippen molar-refractivity contribution < 1.29 is 33.8 Å². The molecule has 3 N–H and O–H groups in total. The van der Waals surface area contributed by atoms with Crippen molar-refractivity contribution in [1.82, 2.24) is 15.5 Å². The Labute approximate surface area is 193 Å². The standard InChI is InChI=1S/C23H33N3O7/c1-8-12-26(21(30)15(3)25-22(31)33-23(4,5)6)18(20(29)24-13-17(27)32-7)16-11-9-10-14(2)19(16)28/h8-11,15,18,28H,1,12-13H2,2-7H3,(H,24,29)(H,25,31). The number of hydrogen-bond acceptors (Lipinski definition) is 7. The van der Waals surface area contributed by atoms with Gasteiger partial charge in [-0.25, -0.2) is 4.79 Å². The number of nitrogens with one attached hydrogen (secondary N) is 2. The molecule has 0 fully saturated rings. The fourth-order valence-electron chi connectivity index (χ4n) is 2.94. The zero-order valence-electron chi connectivity index (χ0n) is 19.9. The molecular formula is C23H33N3O7. The van der Waals surface area contributed by atoms with Crippen LogP contribution in [0.3, 0.4) is 0 Å². The number of alkyl carbamates (subject to hydrolysis) is 1. The van der Waals surface area contributed by atoms with Crippen molar-refractivity contribution >= 4 is 23.9 Å². The summed E-state index contributed by atoms with van der Waals surface area (Å²) in [6, 6.07) is 2.39. The van der Waals surface area contributed by atoms with Gasteiger partial charge in [-0.3, -0.25) is 14.4 Å². The van der Waals surface area contributed by atoms with Gasteiger partial charge in [-0.15, -0.1) is 6.58 Å². The molecule has 0 aliphatic rings. The summed E-state index contributed by atoms with van der Waals surface area (Å²) in [7, 11) is 1.18. The van der Waals surface area contributed by atoms with E-state index in [0.717, 1.165) is 4.90 Å². The largest absolute Gasteiger partial charge is 0.507 e. The highest BCUT2D eigenvalue weighted by atomic mass is 16.6. The van der Waals surface area contributed by atoms with E-state index in [1.807, 2.05) is 0 Å². The second-order valence-electron chi connectivity index (χ2n) is 8.36. The van der Waals surface area contributed by atoms with E-state index in [2.05, 4.69) is 21.9 Å². The molecule has 10 heteroatoms. The van der Waals surface area contributed by atoms with Gasteiger partial charge < -0.3 is 30.1 Å². The van der Waals surface area contributed by atoms with E-state index >= 15 is 0 Å². The lowest BCUT2D eigenvalue weighted by molar-refractivity contribution is -0.144. The van der Waals surface area contributed by atoms with E-state index in [-0.39, 0.29) is 17.9 Å². The Bertz CT molecular complexity index is 893. The second-order valence-corrected chi connectivity index (χ2v) is 8.36. The summed E-state index contributed by atoms with van der Waals surface area (Å²) in [5.41, 5.74) is -0.127. The van der Waals surface area contributed by atoms with Crippen molar-refractivity contribution in [3.8, 4) is 5.75 Å². The van der Waals surface area contributed by atoms with E-state index in [1.165, 1.54) is 26.2 Å². The fourth-order valence-corrected chi connectivity index (χ4v) is 2.94. The van der Waals surface area contributed by atoms with Crippen LogP contribution >= 0.6 is 0 Å². The Morgan fingerprint density at radius 2 is 1.88 bits per heavy atom. The van der Waals surface area contributed by atoms with Gasteiger partial charge in [-0.2, -0.15) is 0 Å². The number of esters is 1. The third kappa shape index (κ3) is 8.13. The molecule has 0 aliphatic carbocycles. The molecule has 1 aromatic carbocycles.